The van der Waals surface area contributed by atoms with Gasteiger partial charge in [-0.2, -0.15) is 11.8 Å². The van der Waals surface area contributed by atoms with Gasteiger partial charge in [0.05, 0.1) is 17.4 Å². The van der Waals surface area contributed by atoms with Gasteiger partial charge in [0.1, 0.15) is 5.15 Å². The zero-order valence-corrected chi connectivity index (χ0v) is 11.7. The Morgan fingerprint density at radius 1 is 1.65 bits per heavy atom. The largest absolute Gasteiger partial charge is 0.397 e. The van der Waals surface area contributed by atoms with Gasteiger partial charge in [0.25, 0.3) is 5.91 Å². The van der Waals surface area contributed by atoms with Crippen molar-refractivity contribution >= 4 is 35.0 Å². The van der Waals surface area contributed by atoms with E-state index in [-0.39, 0.29) is 15.8 Å². The number of nitrogen functional groups attached to an aromatic ring is 1. The van der Waals surface area contributed by atoms with Crippen molar-refractivity contribution in [2.24, 2.45) is 0 Å². The summed E-state index contributed by atoms with van der Waals surface area (Å²) in [6, 6.07) is 1.52. The van der Waals surface area contributed by atoms with E-state index in [1.165, 1.54) is 12.3 Å². The minimum Gasteiger partial charge on any atom is -0.397 e. The molecule has 1 rings (SSSR count). The van der Waals surface area contributed by atoms with Crippen LogP contribution in [-0.4, -0.2) is 28.4 Å². The Balaban J connectivity index is 2.74. The standard InChI is InChI=1S/C11H16ClN3OS/c1-11(2,17-3)6-15-10(16)8-4-7(13)5-14-9(8)12/h4-5H,6,13H2,1-3H3,(H,15,16). The number of carbonyl (C=O) groups is 1. The third-order valence-electron chi connectivity index (χ3n) is 2.33. The molecule has 3 N–H and O–H groups in total. The molecule has 0 atom stereocenters. The van der Waals surface area contributed by atoms with Crippen molar-refractivity contribution < 1.29 is 4.79 Å². The van der Waals surface area contributed by atoms with E-state index in [2.05, 4.69) is 24.1 Å². The van der Waals surface area contributed by atoms with Crippen LogP contribution in [-0.2, 0) is 0 Å². The first kappa shape index (κ1) is 14.1. The molecule has 0 aliphatic heterocycles. The second kappa shape index (κ2) is 5.60. The van der Waals surface area contributed by atoms with Crippen LogP contribution in [0.2, 0.25) is 5.15 Å². The SMILES string of the molecule is CSC(C)(C)CNC(=O)c1cc(N)cnc1Cl. The lowest BCUT2D eigenvalue weighted by molar-refractivity contribution is 0.0950. The van der Waals surface area contributed by atoms with E-state index in [1.54, 1.807) is 11.8 Å². The number of aromatic nitrogens is 1. The van der Waals surface area contributed by atoms with Crippen LogP contribution in [0.1, 0.15) is 24.2 Å². The summed E-state index contributed by atoms with van der Waals surface area (Å²) in [5.41, 5.74) is 6.30. The predicted octanol–water partition coefficient (Wildman–Crippen LogP) is 2.19. The van der Waals surface area contributed by atoms with Gasteiger partial charge < -0.3 is 11.1 Å². The van der Waals surface area contributed by atoms with Crippen molar-refractivity contribution in [2.45, 2.75) is 18.6 Å². The minimum absolute atomic E-state index is 0.0180. The van der Waals surface area contributed by atoms with Gasteiger partial charge in [-0.1, -0.05) is 11.6 Å². The summed E-state index contributed by atoms with van der Waals surface area (Å²) < 4.78 is -0.0180. The van der Waals surface area contributed by atoms with Crippen LogP contribution < -0.4 is 11.1 Å². The molecule has 17 heavy (non-hydrogen) atoms. The van der Waals surface area contributed by atoms with E-state index in [4.69, 9.17) is 17.3 Å². The monoisotopic (exact) mass is 273 g/mol. The van der Waals surface area contributed by atoms with Gasteiger partial charge in [-0.3, -0.25) is 4.79 Å². The zero-order valence-electron chi connectivity index (χ0n) is 10.1. The molecule has 1 heterocycles. The van der Waals surface area contributed by atoms with E-state index in [0.717, 1.165) is 0 Å². The normalized spacial score (nSPS) is 11.3. The molecule has 0 aliphatic carbocycles. The lowest BCUT2D eigenvalue weighted by Gasteiger charge is -2.22. The molecule has 1 amide bonds. The Hall–Kier alpha value is -0.940. The number of thioether (sulfide) groups is 1. The molecule has 0 spiro atoms. The van der Waals surface area contributed by atoms with Crippen molar-refractivity contribution in [2.75, 3.05) is 18.5 Å². The molecule has 0 radical (unpaired) electrons. The number of hydrogen-bond acceptors (Lipinski definition) is 4. The fourth-order valence-electron chi connectivity index (χ4n) is 1.08. The molecule has 0 fully saturated rings. The Morgan fingerprint density at radius 3 is 2.88 bits per heavy atom. The quantitative estimate of drug-likeness (QED) is 0.825. The van der Waals surface area contributed by atoms with Crippen LogP contribution in [0.4, 0.5) is 5.69 Å². The third-order valence-corrected chi connectivity index (χ3v) is 3.88. The number of nitrogens with two attached hydrogens (primary N) is 1. The molecular weight excluding hydrogens is 258 g/mol. The van der Waals surface area contributed by atoms with E-state index < -0.39 is 0 Å². The van der Waals surface area contributed by atoms with Crippen molar-refractivity contribution in [3.63, 3.8) is 0 Å². The highest BCUT2D eigenvalue weighted by molar-refractivity contribution is 7.99. The fraction of sp³-hybridized carbons (Fsp3) is 0.455. The van der Waals surface area contributed by atoms with E-state index in [9.17, 15) is 4.79 Å². The Kier molecular flexibility index (Phi) is 4.65. The minimum atomic E-state index is -0.253. The molecule has 1 aromatic heterocycles. The summed E-state index contributed by atoms with van der Waals surface area (Å²) in [6.45, 7) is 4.66. The molecule has 0 unspecified atom stereocenters. The van der Waals surface area contributed by atoms with Crippen molar-refractivity contribution in [3.8, 4) is 0 Å². The fourth-order valence-corrected chi connectivity index (χ4v) is 1.49. The number of hydrogen-bond donors (Lipinski definition) is 2. The lowest BCUT2D eigenvalue weighted by atomic mass is 10.2. The first-order valence-corrected chi connectivity index (χ1v) is 6.70. The second-order valence-electron chi connectivity index (χ2n) is 4.25. The van der Waals surface area contributed by atoms with Gasteiger partial charge >= 0.3 is 0 Å². The van der Waals surface area contributed by atoms with Crippen LogP contribution in [0.3, 0.4) is 0 Å². The number of pyridine rings is 1. The molecule has 6 heteroatoms. The topological polar surface area (TPSA) is 68.0 Å². The molecule has 0 bridgehead atoms. The van der Waals surface area contributed by atoms with Gasteiger partial charge in [-0.15, -0.1) is 0 Å². The highest BCUT2D eigenvalue weighted by atomic mass is 35.5. The van der Waals surface area contributed by atoms with Gasteiger partial charge in [0.15, 0.2) is 0 Å². The maximum Gasteiger partial charge on any atom is 0.254 e. The van der Waals surface area contributed by atoms with Crippen LogP contribution >= 0.6 is 23.4 Å². The number of halogens is 1. The number of nitrogens with one attached hydrogen (secondary N) is 1. The van der Waals surface area contributed by atoms with Crippen LogP contribution in [0.15, 0.2) is 12.3 Å². The zero-order chi connectivity index (χ0) is 13.1. The summed E-state index contributed by atoms with van der Waals surface area (Å²) in [6.07, 6.45) is 3.42. The summed E-state index contributed by atoms with van der Waals surface area (Å²) >= 11 is 7.53. The average Bonchev–Trinajstić information content (AvgIpc) is 2.29. The van der Waals surface area contributed by atoms with Gasteiger partial charge in [0.2, 0.25) is 0 Å². The average molecular weight is 274 g/mol. The third kappa shape index (κ3) is 4.09. The Morgan fingerprint density at radius 2 is 2.29 bits per heavy atom. The van der Waals surface area contributed by atoms with E-state index >= 15 is 0 Å². The van der Waals surface area contributed by atoms with Crippen LogP contribution in [0.5, 0.6) is 0 Å². The van der Waals surface area contributed by atoms with E-state index in [1.807, 2.05) is 6.26 Å². The highest BCUT2D eigenvalue weighted by Gasteiger charge is 2.19. The van der Waals surface area contributed by atoms with E-state index in [0.29, 0.717) is 17.8 Å². The molecule has 0 saturated heterocycles. The maximum atomic E-state index is 11.9. The number of nitrogens with zero attached hydrogens (tertiary/aromatic N) is 1. The molecule has 4 nitrogen and oxygen atoms in total. The summed E-state index contributed by atoms with van der Waals surface area (Å²) in [5.74, 6) is -0.253. The predicted molar refractivity (Wildman–Crippen MR) is 73.6 cm³/mol. The molecule has 0 aliphatic rings. The number of carbonyl (C=O) groups excluding carboxylic acids is 1. The summed E-state index contributed by atoms with van der Waals surface area (Å²) in [4.78, 5) is 15.7. The van der Waals surface area contributed by atoms with Crippen molar-refractivity contribution in [1.82, 2.24) is 10.3 Å². The van der Waals surface area contributed by atoms with Gasteiger partial charge in [-0.25, -0.2) is 4.98 Å². The first-order valence-electron chi connectivity index (χ1n) is 5.10. The van der Waals surface area contributed by atoms with Crippen LogP contribution in [0, 0.1) is 0 Å². The lowest BCUT2D eigenvalue weighted by Crippen LogP contribution is -2.36. The van der Waals surface area contributed by atoms with Crippen molar-refractivity contribution in [1.29, 1.82) is 0 Å². The number of amides is 1. The first-order chi connectivity index (χ1) is 7.85. The molecular formula is C11H16ClN3OS. The number of anilines is 1. The summed E-state index contributed by atoms with van der Waals surface area (Å²) in [7, 11) is 0. The van der Waals surface area contributed by atoms with Crippen molar-refractivity contribution in [3.05, 3.63) is 23.0 Å². The Labute approximate surface area is 110 Å². The molecule has 94 valence electrons. The molecule has 0 saturated carbocycles. The molecule has 1 aromatic rings. The Bertz CT molecular complexity index is 423. The number of rotatable bonds is 4. The maximum absolute atomic E-state index is 11.9. The van der Waals surface area contributed by atoms with Gasteiger partial charge in [0, 0.05) is 11.3 Å². The molecule has 0 aromatic carbocycles. The summed E-state index contributed by atoms with van der Waals surface area (Å²) in [5, 5.41) is 2.98. The highest BCUT2D eigenvalue weighted by Crippen LogP contribution is 2.20. The second-order valence-corrected chi connectivity index (χ2v) is 6.12. The smallest absolute Gasteiger partial charge is 0.254 e. The van der Waals surface area contributed by atoms with Gasteiger partial charge in [-0.05, 0) is 26.2 Å². The van der Waals surface area contributed by atoms with Crippen LogP contribution in [0.25, 0.3) is 0 Å².